The molecule has 0 bridgehead atoms. The van der Waals surface area contributed by atoms with Crippen LogP contribution in [-0.2, 0) is 15.6 Å². The molecular formula is C31H43N3O4. The van der Waals surface area contributed by atoms with Gasteiger partial charge in [-0.2, -0.15) is 0 Å². The molecule has 0 amide bonds. The van der Waals surface area contributed by atoms with Gasteiger partial charge in [0.2, 0.25) is 5.78 Å². The molecule has 1 aliphatic rings. The molecule has 0 fully saturated rings. The fraction of sp³-hybridized carbons (Fsp3) is 0.516. The summed E-state index contributed by atoms with van der Waals surface area (Å²) in [4.78, 5) is 33.0. The molecule has 0 aliphatic heterocycles. The molecule has 1 aromatic carbocycles. The number of nitrogens with zero attached hydrogens (tertiary/aromatic N) is 3. The lowest BCUT2D eigenvalue weighted by Gasteiger charge is -2.29. The average molecular weight is 522 g/mol. The molecule has 7 heteroatoms. The fourth-order valence-electron chi connectivity index (χ4n) is 3.82. The van der Waals surface area contributed by atoms with Crippen molar-refractivity contribution >= 4 is 23.4 Å². The van der Waals surface area contributed by atoms with Gasteiger partial charge in [0.1, 0.15) is 29.6 Å². The van der Waals surface area contributed by atoms with Crippen molar-refractivity contribution < 1.29 is 14.8 Å². The number of hydrogen-bond donors (Lipinski definition) is 1. The number of hydrogen-bond acceptors (Lipinski definition) is 6. The molecule has 0 saturated carbocycles. The summed E-state index contributed by atoms with van der Waals surface area (Å²) in [5.41, 5.74) is 1.92. The number of phenolic OH excluding ortho intramolecular Hbond substituents is 1. The predicted octanol–water partition coefficient (Wildman–Crippen LogP) is 7.78. The minimum absolute atomic E-state index is 0.0177. The Morgan fingerprint density at radius 2 is 1.45 bits per heavy atom. The topological polar surface area (TPSA) is 105 Å². The molecule has 7 nitrogen and oxygen atoms in total. The first kappa shape index (κ1) is 30.9. The molecule has 0 heterocycles. The van der Waals surface area contributed by atoms with Gasteiger partial charge < -0.3 is 5.11 Å². The number of carbonyl (C=O) groups is 1. The fourth-order valence-corrected chi connectivity index (χ4v) is 3.82. The van der Waals surface area contributed by atoms with Crippen LogP contribution >= 0.6 is 0 Å². The van der Waals surface area contributed by atoms with Crippen molar-refractivity contribution in [3.63, 3.8) is 0 Å². The molecule has 1 N–H and O–H groups in total. The molecule has 1 aromatic rings. The Bertz CT molecular complexity index is 1280. The zero-order valence-corrected chi connectivity index (χ0v) is 25.0. The largest absolute Gasteiger partial charge is 0.505 e. The van der Waals surface area contributed by atoms with E-state index < -0.39 is 16.0 Å². The van der Waals surface area contributed by atoms with Crippen molar-refractivity contribution in [2.45, 2.75) is 93.9 Å². The normalized spacial score (nSPS) is 17.2. The molecule has 0 unspecified atom stereocenters. The third kappa shape index (κ3) is 7.36. The van der Waals surface area contributed by atoms with Gasteiger partial charge in [0, 0.05) is 11.1 Å². The Labute approximate surface area is 227 Å². The summed E-state index contributed by atoms with van der Waals surface area (Å²) in [5, 5.41) is 22.8. The SMILES string of the molecule is CC(C)(C)C1=CC(=NC=C(C=Nc2cc(C(C)(C)C)cc(C(C)(C)C)c2O)[N+](=O)[O-])C(=O)C(C(C)(C)C)=C1. The van der Waals surface area contributed by atoms with Crippen molar-refractivity contribution in [3.05, 3.63) is 68.6 Å². The van der Waals surface area contributed by atoms with Gasteiger partial charge >= 0.3 is 5.70 Å². The van der Waals surface area contributed by atoms with Crippen LogP contribution in [0.5, 0.6) is 5.75 Å². The van der Waals surface area contributed by atoms with Crippen LogP contribution in [0.1, 0.15) is 94.2 Å². The van der Waals surface area contributed by atoms with E-state index in [-0.39, 0.29) is 39.2 Å². The molecule has 0 saturated heterocycles. The quantitative estimate of drug-likeness (QED) is 0.189. The summed E-state index contributed by atoms with van der Waals surface area (Å²) < 4.78 is 0. The summed E-state index contributed by atoms with van der Waals surface area (Å²) in [6, 6.07) is 3.70. The van der Waals surface area contributed by atoms with Gasteiger partial charge in [-0.3, -0.25) is 14.9 Å². The number of rotatable bonds is 4. The number of carbonyl (C=O) groups excluding carboxylic acids is 1. The van der Waals surface area contributed by atoms with Gasteiger partial charge in [-0.1, -0.05) is 95.2 Å². The van der Waals surface area contributed by atoms with Gasteiger partial charge in [0.05, 0.1) is 4.92 Å². The molecule has 0 radical (unpaired) electrons. The molecule has 0 aromatic heterocycles. The van der Waals surface area contributed by atoms with Crippen molar-refractivity contribution in [2.75, 3.05) is 0 Å². The smallest absolute Gasteiger partial charge is 0.305 e. The van der Waals surface area contributed by atoms with Gasteiger partial charge in [0.25, 0.3) is 0 Å². The molecular weight excluding hydrogens is 478 g/mol. The highest BCUT2D eigenvalue weighted by Crippen LogP contribution is 2.41. The van der Waals surface area contributed by atoms with Crippen LogP contribution in [0.3, 0.4) is 0 Å². The van der Waals surface area contributed by atoms with E-state index in [4.69, 9.17) is 0 Å². The number of nitro groups is 1. The lowest BCUT2D eigenvalue weighted by molar-refractivity contribution is -0.414. The highest BCUT2D eigenvalue weighted by Gasteiger charge is 2.32. The first-order chi connectivity index (χ1) is 17.0. The lowest BCUT2D eigenvalue weighted by atomic mass is 9.74. The zero-order chi connectivity index (χ0) is 29.4. The van der Waals surface area contributed by atoms with Crippen molar-refractivity contribution in [1.82, 2.24) is 0 Å². The second-order valence-electron chi connectivity index (χ2n) is 14.0. The van der Waals surface area contributed by atoms with Gasteiger partial charge in [-0.25, -0.2) is 9.98 Å². The van der Waals surface area contributed by atoms with Crippen molar-refractivity contribution in [1.29, 1.82) is 0 Å². The van der Waals surface area contributed by atoms with E-state index in [0.717, 1.165) is 23.6 Å². The highest BCUT2D eigenvalue weighted by atomic mass is 16.6. The minimum Gasteiger partial charge on any atom is -0.505 e. The van der Waals surface area contributed by atoms with Crippen LogP contribution in [0.4, 0.5) is 5.69 Å². The summed E-state index contributed by atoms with van der Waals surface area (Å²) in [6.45, 7) is 24.1. The first-order valence-corrected chi connectivity index (χ1v) is 12.9. The number of phenols is 1. The first-order valence-electron chi connectivity index (χ1n) is 12.9. The van der Waals surface area contributed by atoms with E-state index in [2.05, 4.69) is 30.8 Å². The maximum Gasteiger partial charge on any atom is 0.305 e. The van der Waals surface area contributed by atoms with Crippen LogP contribution < -0.4 is 0 Å². The molecule has 38 heavy (non-hydrogen) atoms. The lowest BCUT2D eigenvalue weighted by Crippen LogP contribution is -2.29. The van der Waals surface area contributed by atoms with Crippen molar-refractivity contribution in [3.8, 4) is 5.75 Å². The number of benzene rings is 1. The van der Waals surface area contributed by atoms with E-state index in [0.29, 0.717) is 11.1 Å². The third-order valence-electron chi connectivity index (χ3n) is 6.39. The van der Waals surface area contributed by atoms with E-state index in [1.165, 1.54) is 0 Å². The van der Waals surface area contributed by atoms with Crippen molar-refractivity contribution in [2.24, 2.45) is 20.8 Å². The van der Waals surface area contributed by atoms with Gasteiger partial charge in [-0.05, 0) is 44.9 Å². The maximum absolute atomic E-state index is 13.2. The van der Waals surface area contributed by atoms with Crippen LogP contribution in [0, 0.1) is 20.9 Å². The second-order valence-corrected chi connectivity index (χ2v) is 14.0. The Morgan fingerprint density at radius 3 is 1.89 bits per heavy atom. The summed E-state index contributed by atoms with van der Waals surface area (Å²) in [6.07, 6.45) is 5.71. The van der Waals surface area contributed by atoms with Crippen LogP contribution in [0.15, 0.2) is 57.3 Å². The number of aliphatic imine (C=N–C) groups is 2. The van der Waals surface area contributed by atoms with Crippen LogP contribution in [0.25, 0.3) is 0 Å². The van der Waals surface area contributed by atoms with E-state index in [9.17, 15) is 20.0 Å². The average Bonchev–Trinajstić information content (AvgIpc) is 2.71. The monoisotopic (exact) mass is 521 g/mol. The minimum atomic E-state index is -0.606. The summed E-state index contributed by atoms with van der Waals surface area (Å²) in [7, 11) is 0. The summed E-state index contributed by atoms with van der Waals surface area (Å²) >= 11 is 0. The summed E-state index contributed by atoms with van der Waals surface area (Å²) in [5.74, 6) is -0.275. The Morgan fingerprint density at radius 1 is 0.868 bits per heavy atom. The molecule has 0 atom stereocenters. The Kier molecular flexibility index (Phi) is 8.47. The number of allylic oxidation sites excluding steroid dienone is 5. The zero-order valence-electron chi connectivity index (χ0n) is 25.0. The third-order valence-corrected chi connectivity index (χ3v) is 6.39. The van der Waals surface area contributed by atoms with E-state index in [1.54, 1.807) is 12.1 Å². The Hall–Kier alpha value is -3.35. The standard InChI is InChI=1S/C31H43N3O4/c1-28(2,3)19-13-22(30(7,8)9)26(35)24(15-19)32-17-21(34(37)38)18-33-25-16-20(29(4,5)6)14-23(27(25)36)31(10,11)12/h13-18,35H,1-12H3. The van der Waals surface area contributed by atoms with Gasteiger partial charge in [-0.15, -0.1) is 0 Å². The maximum atomic E-state index is 13.2. The Balaban J connectivity index is 2.64. The van der Waals surface area contributed by atoms with Gasteiger partial charge in [0.15, 0.2) is 0 Å². The molecule has 0 spiro atoms. The number of ketones is 1. The number of Topliss-reactive ketones (excluding diaryl/α,β-unsaturated/α-hetero) is 1. The van der Waals surface area contributed by atoms with Crippen LogP contribution in [0.2, 0.25) is 0 Å². The number of aromatic hydroxyl groups is 1. The predicted molar refractivity (Wildman–Crippen MR) is 156 cm³/mol. The second kappa shape index (κ2) is 10.4. The molecule has 1 aliphatic carbocycles. The van der Waals surface area contributed by atoms with E-state index in [1.807, 2.05) is 74.5 Å². The van der Waals surface area contributed by atoms with E-state index >= 15 is 0 Å². The molecule has 2 rings (SSSR count). The van der Waals surface area contributed by atoms with Crippen LogP contribution in [-0.4, -0.2) is 27.7 Å². The highest BCUT2D eigenvalue weighted by molar-refractivity contribution is 6.51. The molecule has 206 valence electrons.